The lowest BCUT2D eigenvalue weighted by molar-refractivity contribution is -0.117. The third-order valence-corrected chi connectivity index (χ3v) is 6.33. The molecule has 1 N–H and O–H groups in total. The molecule has 8 heteroatoms. The lowest BCUT2D eigenvalue weighted by atomic mass is 10.1. The molecule has 2 aromatic rings. The first-order chi connectivity index (χ1) is 14.1. The Kier molecular flexibility index (Phi) is 6.17. The number of anilines is 3. The number of carbonyl (C=O) groups is 2. The highest BCUT2D eigenvalue weighted by Gasteiger charge is 2.25. The van der Waals surface area contributed by atoms with E-state index >= 15 is 0 Å². The van der Waals surface area contributed by atoms with E-state index in [9.17, 15) is 18.0 Å². The maximum absolute atomic E-state index is 12.7. The van der Waals surface area contributed by atoms with Crippen LogP contribution in [0.5, 0.6) is 0 Å². The molecule has 0 bridgehead atoms. The van der Waals surface area contributed by atoms with Crippen LogP contribution in [-0.4, -0.2) is 39.6 Å². The highest BCUT2D eigenvalue weighted by atomic mass is 32.2. The monoisotopic (exact) mass is 429 g/mol. The third-order valence-electron chi connectivity index (χ3n) is 5.22. The fraction of sp³-hybridized carbons (Fsp3) is 0.364. The number of carbonyl (C=O) groups excluding carboxylic acids is 2. The molecule has 1 heterocycles. The van der Waals surface area contributed by atoms with Gasteiger partial charge in [-0.15, -0.1) is 0 Å². The van der Waals surface area contributed by atoms with E-state index in [0.29, 0.717) is 24.3 Å². The van der Waals surface area contributed by atoms with Gasteiger partial charge in [0.15, 0.2) is 0 Å². The predicted octanol–water partition coefficient (Wildman–Crippen LogP) is 3.14. The number of hydrogen-bond donors (Lipinski definition) is 1. The molecule has 0 unspecified atom stereocenters. The van der Waals surface area contributed by atoms with E-state index in [2.05, 4.69) is 5.32 Å². The fourth-order valence-corrected chi connectivity index (χ4v) is 4.80. The van der Waals surface area contributed by atoms with E-state index in [4.69, 9.17) is 0 Å². The SMILES string of the molecule is Cc1cc(NC(=O)CN(c2c(C)cccc2C)S(C)(=O)=O)ccc1N1CCCC1=O. The number of aryl methyl sites for hydroxylation is 3. The molecule has 0 radical (unpaired) electrons. The molecule has 0 aromatic heterocycles. The van der Waals surface area contributed by atoms with Gasteiger partial charge in [0.1, 0.15) is 6.54 Å². The maximum atomic E-state index is 12.7. The summed E-state index contributed by atoms with van der Waals surface area (Å²) in [6, 6.07) is 10.8. The Labute approximate surface area is 177 Å². The smallest absolute Gasteiger partial charge is 0.245 e. The number of benzene rings is 2. The standard InChI is InChI=1S/C22H27N3O4S/c1-15-7-5-8-16(2)22(15)25(30(4,28)29)14-20(26)23-18-10-11-19(17(3)13-18)24-12-6-9-21(24)27/h5,7-8,10-11,13H,6,9,12,14H2,1-4H3,(H,23,26). The zero-order chi connectivity index (χ0) is 22.1. The van der Waals surface area contributed by atoms with Gasteiger partial charge in [0.25, 0.3) is 0 Å². The van der Waals surface area contributed by atoms with E-state index in [-0.39, 0.29) is 12.5 Å². The summed E-state index contributed by atoms with van der Waals surface area (Å²) in [7, 11) is -3.65. The van der Waals surface area contributed by atoms with Crippen LogP contribution in [0, 0.1) is 20.8 Å². The molecule has 1 aliphatic heterocycles. The van der Waals surface area contributed by atoms with Crippen LogP contribution < -0.4 is 14.5 Å². The Morgan fingerprint density at radius 2 is 1.77 bits per heavy atom. The second kappa shape index (κ2) is 8.47. The molecule has 0 spiro atoms. The summed E-state index contributed by atoms with van der Waals surface area (Å²) in [6.45, 7) is 5.90. The van der Waals surface area contributed by atoms with E-state index in [1.54, 1.807) is 17.0 Å². The lowest BCUT2D eigenvalue weighted by Gasteiger charge is -2.25. The van der Waals surface area contributed by atoms with Crippen LogP contribution in [-0.2, 0) is 19.6 Å². The van der Waals surface area contributed by atoms with Crippen LogP contribution in [0.2, 0.25) is 0 Å². The number of amides is 2. The summed E-state index contributed by atoms with van der Waals surface area (Å²) in [6.07, 6.45) is 2.49. The van der Waals surface area contributed by atoms with Gasteiger partial charge >= 0.3 is 0 Å². The van der Waals surface area contributed by atoms with Crippen LogP contribution in [0.3, 0.4) is 0 Å². The topological polar surface area (TPSA) is 86.8 Å². The quantitative estimate of drug-likeness (QED) is 0.764. The average molecular weight is 430 g/mol. The highest BCUT2D eigenvalue weighted by molar-refractivity contribution is 7.92. The van der Waals surface area contributed by atoms with Crippen LogP contribution >= 0.6 is 0 Å². The van der Waals surface area contributed by atoms with Crippen molar-refractivity contribution in [1.29, 1.82) is 0 Å². The summed E-state index contributed by atoms with van der Waals surface area (Å²) >= 11 is 0. The minimum atomic E-state index is -3.65. The molecule has 2 amide bonds. The number of sulfonamides is 1. The number of nitrogens with one attached hydrogen (secondary N) is 1. The number of rotatable bonds is 6. The van der Waals surface area contributed by atoms with E-state index in [1.165, 1.54) is 0 Å². The van der Waals surface area contributed by atoms with Gasteiger partial charge in [0.2, 0.25) is 21.8 Å². The van der Waals surface area contributed by atoms with Crippen molar-refractivity contribution in [3.05, 3.63) is 53.1 Å². The first-order valence-electron chi connectivity index (χ1n) is 9.82. The first kappa shape index (κ1) is 21.8. The van der Waals surface area contributed by atoms with Crippen molar-refractivity contribution in [3.63, 3.8) is 0 Å². The van der Waals surface area contributed by atoms with E-state index in [1.807, 2.05) is 45.0 Å². The van der Waals surface area contributed by atoms with Gasteiger partial charge in [0, 0.05) is 24.3 Å². The highest BCUT2D eigenvalue weighted by Crippen LogP contribution is 2.29. The molecule has 30 heavy (non-hydrogen) atoms. The van der Waals surface area contributed by atoms with Gasteiger partial charge in [-0.05, 0) is 62.1 Å². The molecule has 3 rings (SSSR count). The second-order valence-corrected chi connectivity index (χ2v) is 9.62. The molecular formula is C22H27N3O4S. The molecule has 0 aliphatic carbocycles. The molecule has 0 saturated carbocycles. The molecule has 1 saturated heterocycles. The van der Waals surface area contributed by atoms with Crippen molar-refractivity contribution < 1.29 is 18.0 Å². The third kappa shape index (κ3) is 4.64. The first-order valence-corrected chi connectivity index (χ1v) is 11.7. The zero-order valence-electron chi connectivity index (χ0n) is 17.7. The number of hydrogen-bond acceptors (Lipinski definition) is 4. The van der Waals surface area contributed by atoms with Crippen LogP contribution in [0.4, 0.5) is 17.1 Å². The van der Waals surface area contributed by atoms with Crippen LogP contribution in [0.25, 0.3) is 0 Å². The van der Waals surface area contributed by atoms with Crippen molar-refractivity contribution in [2.24, 2.45) is 0 Å². The molecule has 160 valence electrons. The second-order valence-electron chi connectivity index (χ2n) is 7.71. The van der Waals surface area contributed by atoms with Gasteiger partial charge in [-0.25, -0.2) is 8.42 Å². The Hall–Kier alpha value is -2.87. The summed E-state index contributed by atoms with van der Waals surface area (Å²) in [5.74, 6) is -0.334. The van der Waals surface area contributed by atoms with Gasteiger partial charge < -0.3 is 10.2 Å². The van der Waals surface area contributed by atoms with Gasteiger partial charge in [0.05, 0.1) is 11.9 Å². The maximum Gasteiger partial charge on any atom is 0.245 e. The summed E-state index contributed by atoms with van der Waals surface area (Å²) in [5, 5.41) is 2.77. The molecule has 2 aromatic carbocycles. The molecule has 1 aliphatic rings. The fourth-order valence-electron chi connectivity index (χ4n) is 3.83. The Balaban J connectivity index is 1.79. The van der Waals surface area contributed by atoms with Crippen molar-refractivity contribution in [2.45, 2.75) is 33.6 Å². The number of para-hydroxylation sites is 1. The molecule has 7 nitrogen and oxygen atoms in total. The summed E-state index contributed by atoms with van der Waals surface area (Å²) in [5.41, 5.74) is 4.35. The van der Waals surface area contributed by atoms with Crippen molar-refractivity contribution >= 4 is 38.9 Å². The molecule has 1 fully saturated rings. The average Bonchev–Trinajstić information content (AvgIpc) is 3.06. The van der Waals surface area contributed by atoms with Crippen LogP contribution in [0.15, 0.2) is 36.4 Å². The molecule has 0 atom stereocenters. The van der Waals surface area contributed by atoms with Gasteiger partial charge in [-0.3, -0.25) is 13.9 Å². The minimum absolute atomic E-state index is 0.104. The van der Waals surface area contributed by atoms with Crippen molar-refractivity contribution in [3.8, 4) is 0 Å². The summed E-state index contributed by atoms with van der Waals surface area (Å²) < 4.78 is 26.0. The van der Waals surface area contributed by atoms with Crippen molar-refractivity contribution in [1.82, 2.24) is 0 Å². The van der Waals surface area contributed by atoms with Gasteiger partial charge in [-0.1, -0.05) is 18.2 Å². The predicted molar refractivity (Wildman–Crippen MR) is 120 cm³/mol. The van der Waals surface area contributed by atoms with Crippen molar-refractivity contribution in [2.75, 3.05) is 33.9 Å². The normalized spacial score (nSPS) is 14.1. The van der Waals surface area contributed by atoms with Gasteiger partial charge in [-0.2, -0.15) is 0 Å². The Morgan fingerprint density at radius 3 is 2.30 bits per heavy atom. The van der Waals surface area contributed by atoms with E-state index < -0.39 is 15.9 Å². The largest absolute Gasteiger partial charge is 0.325 e. The number of nitrogens with zero attached hydrogens (tertiary/aromatic N) is 2. The lowest BCUT2D eigenvalue weighted by Crippen LogP contribution is -2.38. The summed E-state index contributed by atoms with van der Waals surface area (Å²) in [4.78, 5) is 26.4. The van der Waals surface area contributed by atoms with E-state index in [0.717, 1.165) is 39.4 Å². The Morgan fingerprint density at radius 1 is 1.10 bits per heavy atom. The van der Waals surface area contributed by atoms with Crippen LogP contribution in [0.1, 0.15) is 29.5 Å². The minimum Gasteiger partial charge on any atom is -0.325 e. The Bertz CT molecular complexity index is 1080. The zero-order valence-corrected chi connectivity index (χ0v) is 18.5. The molecular weight excluding hydrogens is 402 g/mol.